The van der Waals surface area contributed by atoms with E-state index in [0.29, 0.717) is 6.54 Å². The maximum Gasteiger partial charge on any atom is 0.407 e. The number of esters is 1. The lowest BCUT2D eigenvalue weighted by Gasteiger charge is -2.15. The highest BCUT2D eigenvalue weighted by Gasteiger charge is 2.08. The van der Waals surface area contributed by atoms with Gasteiger partial charge in [0.1, 0.15) is 6.61 Å². The maximum absolute atomic E-state index is 10.4. The summed E-state index contributed by atoms with van der Waals surface area (Å²) in [6.45, 7) is 3.76. The highest BCUT2D eigenvalue weighted by molar-refractivity contribution is 5.66. The van der Waals surface area contributed by atoms with Gasteiger partial charge in [-0.15, -0.1) is 0 Å². The van der Waals surface area contributed by atoms with E-state index in [4.69, 9.17) is 5.11 Å². The molecule has 0 atom stereocenters. The zero-order valence-corrected chi connectivity index (χ0v) is 7.24. The second kappa shape index (κ2) is 5.40. The summed E-state index contributed by atoms with van der Waals surface area (Å²) in [6, 6.07) is 0. The molecule has 0 aromatic rings. The summed E-state index contributed by atoms with van der Waals surface area (Å²) < 4.78 is 4.58. The molecule has 0 aromatic heterocycles. The Morgan fingerprint density at radius 2 is 2.08 bits per heavy atom. The van der Waals surface area contributed by atoms with Crippen LogP contribution in [0.1, 0.15) is 13.8 Å². The average molecular weight is 175 g/mol. The van der Waals surface area contributed by atoms with Crippen LogP contribution in [0.25, 0.3) is 0 Å². The van der Waals surface area contributed by atoms with E-state index >= 15 is 0 Å². The number of ether oxygens (including phenoxy) is 1. The van der Waals surface area contributed by atoms with Gasteiger partial charge in [-0.2, -0.15) is 0 Å². The molecule has 1 N–H and O–H groups in total. The molecule has 0 saturated heterocycles. The lowest BCUT2D eigenvalue weighted by molar-refractivity contribution is -0.141. The van der Waals surface area contributed by atoms with E-state index in [1.165, 1.54) is 11.8 Å². The molecule has 0 aliphatic heterocycles. The monoisotopic (exact) mass is 175 g/mol. The molecule has 0 aliphatic rings. The lowest BCUT2D eigenvalue weighted by atomic mass is 10.5. The van der Waals surface area contributed by atoms with Gasteiger partial charge in [0.2, 0.25) is 0 Å². The zero-order valence-electron chi connectivity index (χ0n) is 7.24. The Balaban J connectivity index is 3.59. The Morgan fingerprint density at radius 1 is 1.50 bits per heavy atom. The van der Waals surface area contributed by atoms with Crippen LogP contribution >= 0.6 is 0 Å². The molecule has 0 aliphatic carbocycles. The molecule has 0 rings (SSSR count). The second-order valence-electron chi connectivity index (χ2n) is 2.20. The number of nitrogens with zero attached hydrogens (tertiary/aromatic N) is 1. The van der Waals surface area contributed by atoms with Gasteiger partial charge in [0.05, 0.1) is 6.54 Å². The normalized spacial score (nSPS) is 9.17. The Hall–Kier alpha value is -1.26. The number of likely N-dealkylation sites (N-methyl/N-ethyl adjacent to an activating group) is 1. The Labute approximate surface area is 70.9 Å². The summed E-state index contributed by atoms with van der Waals surface area (Å²) in [7, 11) is 0. The lowest BCUT2D eigenvalue weighted by Crippen LogP contribution is -2.32. The molecule has 0 unspecified atom stereocenters. The van der Waals surface area contributed by atoms with Crippen LogP contribution in [0.2, 0.25) is 0 Å². The first-order valence-electron chi connectivity index (χ1n) is 3.69. The first kappa shape index (κ1) is 10.7. The molecule has 0 aromatic carbocycles. The SMILES string of the molecule is CCN(CCOC(C)=O)C(=O)O. The molecule has 0 saturated carbocycles. The fourth-order valence-corrected chi connectivity index (χ4v) is 0.689. The van der Waals surface area contributed by atoms with Crippen molar-refractivity contribution in [3.8, 4) is 0 Å². The predicted octanol–water partition coefficient (Wildman–Crippen LogP) is 0.549. The quantitative estimate of drug-likeness (QED) is 0.633. The summed E-state index contributed by atoms with van der Waals surface area (Å²) in [5.41, 5.74) is 0. The van der Waals surface area contributed by atoms with Crippen molar-refractivity contribution >= 4 is 12.1 Å². The number of carbonyl (C=O) groups excluding carboxylic acids is 1. The molecular formula is C7H13NO4. The second-order valence-corrected chi connectivity index (χ2v) is 2.20. The molecule has 1 amide bonds. The molecule has 0 heterocycles. The predicted molar refractivity (Wildman–Crippen MR) is 41.9 cm³/mol. The molecule has 0 spiro atoms. The standard InChI is InChI=1S/C7H13NO4/c1-3-8(7(10)11)4-5-12-6(2)9/h3-5H2,1-2H3,(H,10,11). The molecule has 5 nitrogen and oxygen atoms in total. The average Bonchev–Trinajstić information content (AvgIpc) is 1.96. The number of hydrogen-bond donors (Lipinski definition) is 1. The smallest absolute Gasteiger partial charge is 0.407 e. The van der Waals surface area contributed by atoms with E-state index in [-0.39, 0.29) is 13.2 Å². The third-order valence-electron chi connectivity index (χ3n) is 1.32. The first-order chi connectivity index (χ1) is 5.57. The van der Waals surface area contributed by atoms with Crippen molar-refractivity contribution in [3.63, 3.8) is 0 Å². The number of carbonyl (C=O) groups is 2. The van der Waals surface area contributed by atoms with E-state index in [2.05, 4.69) is 4.74 Å². The fraction of sp³-hybridized carbons (Fsp3) is 0.714. The summed E-state index contributed by atoms with van der Waals surface area (Å²) in [6.07, 6.45) is -0.996. The van der Waals surface area contributed by atoms with E-state index in [0.717, 1.165) is 0 Å². The number of rotatable bonds is 4. The van der Waals surface area contributed by atoms with Gasteiger partial charge in [0.15, 0.2) is 0 Å². The van der Waals surface area contributed by atoms with Crippen LogP contribution in [0.15, 0.2) is 0 Å². The molecule has 0 fully saturated rings. The Kier molecular flexibility index (Phi) is 4.83. The van der Waals surface area contributed by atoms with Gasteiger partial charge in [-0.3, -0.25) is 4.79 Å². The van der Waals surface area contributed by atoms with Crippen LogP contribution < -0.4 is 0 Å². The zero-order chi connectivity index (χ0) is 9.56. The van der Waals surface area contributed by atoms with Gasteiger partial charge < -0.3 is 14.7 Å². The Morgan fingerprint density at radius 3 is 2.42 bits per heavy atom. The largest absolute Gasteiger partial charge is 0.465 e. The maximum atomic E-state index is 10.4. The van der Waals surface area contributed by atoms with Gasteiger partial charge in [0, 0.05) is 13.5 Å². The van der Waals surface area contributed by atoms with Crippen molar-refractivity contribution in [1.82, 2.24) is 4.90 Å². The van der Waals surface area contributed by atoms with Crippen molar-refractivity contribution < 1.29 is 19.4 Å². The summed E-state index contributed by atoms with van der Waals surface area (Å²) in [5.74, 6) is -0.392. The van der Waals surface area contributed by atoms with Gasteiger partial charge in [-0.05, 0) is 6.92 Å². The van der Waals surface area contributed by atoms with E-state index in [1.54, 1.807) is 6.92 Å². The van der Waals surface area contributed by atoms with Crippen molar-refractivity contribution in [2.75, 3.05) is 19.7 Å². The Bertz CT molecular complexity index is 169. The van der Waals surface area contributed by atoms with Crippen LogP contribution in [0.5, 0.6) is 0 Å². The van der Waals surface area contributed by atoms with Crippen LogP contribution in [0.4, 0.5) is 4.79 Å². The molecule has 5 heteroatoms. The number of carboxylic acid groups (broad SMARTS) is 1. The van der Waals surface area contributed by atoms with Gasteiger partial charge in [-0.1, -0.05) is 0 Å². The van der Waals surface area contributed by atoms with Crippen molar-refractivity contribution in [2.24, 2.45) is 0 Å². The minimum atomic E-state index is -0.996. The molecular weight excluding hydrogens is 162 g/mol. The van der Waals surface area contributed by atoms with Crippen LogP contribution in [-0.4, -0.2) is 41.8 Å². The number of hydrogen-bond acceptors (Lipinski definition) is 3. The van der Waals surface area contributed by atoms with Crippen molar-refractivity contribution in [1.29, 1.82) is 0 Å². The molecule has 0 radical (unpaired) electrons. The van der Waals surface area contributed by atoms with Gasteiger partial charge in [0.25, 0.3) is 0 Å². The number of amides is 1. The van der Waals surface area contributed by atoms with Gasteiger partial charge in [-0.25, -0.2) is 4.79 Å². The summed E-state index contributed by atoms with van der Waals surface area (Å²) >= 11 is 0. The molecule has 70 valence electrons. The van der Waals surface area contributed by atoms with E-state index < -0.39 is 12.1 Å². The van der Waals surface area contributed by atoms with Crippen molar-refractivity contribution in [2.45, 2.75) is 13.8 Å². The van der Waals surface area contributed by atoms with Crippen LogP contribution in [0, 0.1) is 0 Å². The molecule has 12 heavy (non-hydrogen) atoms. The van der Waals surface area contributed by atoms with Crippen LogP contribution in [0.3, 0.4) is 0 Å². The highest BCUT2D eigenvalue weighted by Crippen LogP contribution is 1.88. The van der Waals surface area contributed by atoms with E-state index in [9.17, 15) is 9.59 Å². The minimum absolute atomic E-state index is 0.121. The third kappa shape index (κ3) is 4.54. The summed E-state index contributed by atoms with van der Waals surface area (Å²) in [5, 5.41) is 8.52. The fourth-order valence-electron chi connectivity index (χ4n) is 0.689. The topological polar surface area (TPSA) is 66.8 Å². The molecule has 0 bridgehead atoms. The third-order valence-corrected chi connectivity index (χ3v) is 1.32. The van der Waals surface area contributed by atoms with Crippen LogP contribution in [-0.2, 0) is 9.53 Å². The summed E-state index contributed by atoms with van der Waals surface area (Å²) in [4.78, 5) is 21.9. The minimum Gasteiger partial charge on any atom is -0.465 e. The van der Waals surface area contributed by atoms with Gasteiger partial charge >= 0.3 is 12.1 Å². The van der Waals surface area contributed by atoms with E-state index in [1.807, 2.05) is 0 Å². The highest BCUT2D eigenvalue weighted by atomic mass is 16.5. The van der Waals surface area contributed by atoms with Crippen molar-refractivity contribution in [3.05, 3.63) is 0 Å². The first-order valence-corrected chi connectivity index (χ1v) is 3.69.